The van der Waals surface area contributed by atoms with Gasteiger partial charge in [-0.1, -0.05) is 6.42 Å². The highest BCUT2D eigenvalue weighted by Crippen LogP contribution is 2.42. The number of carbonyl (C=O) groups is 2. The van der Waals surface area contributed by atoms with E-state index in [2.05, 4.69) is 0 Å². The number of likely N-dealkylation sites (tertiary alicyclic amines) is 1. The number of aromatic nitrogens is 2. The first-order valence-electron chi connectivity index (χ1n) is 7.69. The van der Waals surface area contributed by atoms with Crippen LogP contribution in [0.25, 0.3) is 0 Å². The predicted octanol–water partition coefficient (Wildman–Crippen LogP) is -0.741. The molecule has 0 aromatic carbocycles. The molecule has 2 fully saturated rings. The fraction of sp³-hybridized carbons (Fsp3) is 0.600. The van der Waals surface area contributed by atoms with Gasteiger partial charge in [0.1, 0.15) is 12.6 Å². The van der Waals surface area contributed by atoms with Gasteiger partial charge in [0.15, 0.2) is 0 Å². The van der Waals surface area contributed by atoms with Crippen LogP contribution in [0.3, 0.4) is 0 Å². The molecule has 0 bridgehead atoms. The van der Waals surface area contributed by atoms with Gasteiger partial charge in [-0.05, 0) is 24.7 Å². The fourth-order valence-corrected chi connectivity index (χ4v) is 3.85. The number of fused-ring (bicyclic) bond motifs is 1. The Hall–Kier alpha value is -2.38. The fourth-order valence-electron chi connectivity index (χ4n) is 3.85. The molecule has 1 aromatic heterocycles. The molecule has 1 amide bonds. The molecule has 0 spiro atoms. The van der Waals surface area contributed by atoms with E-state index < -0.39 is 29.2 Å². The van der Waals surface area contributed by atoms with Gasteiger partial charge in [-0.2, -0.15) is 0 Å². The summed E-state index contributed by atoms with van der Waals surface area (Å²) in [4.78, 5) is 48.9. The summed E-state index contributed by atoms with van der Waals surface area (Å²) in [6.45, 7) is 0.178. The second kappa shape index (κ2) is 5.68. The molecule has 23 heavy (non-hydrogen) atoms. The maximum Gasteiger partial charge on any atom is 0.331 e. The van der Waals surface area contributed by atoms with Crippen LogP contribution in [0.4, 0.5) is 0 Å². The van der Waals surface area contributed by atoms with E-state index in [4.69, 9.17) is 0 Å². The van der Waals surface area contributed by atoms with Crippen molar-refractivity contribution in [3.8, 4) is 0 Å². The second-order valence-corrected chi connectivity index (χ2v) is 6.31. The molecule has 1 aliphatic carbocycles. The van der Waals surface area contributed by atoms with Gasteiger partial charge in [0.05, 0.1) is 0 Å². The molecule has 1 saturated carbocycles. The standard InChI is InChI=1S/C15H19N3O5/c1-16-11(19)5-6-17(15(16)23)8-12(20)18-7-9-3-2-4-10(9)13(18)14(21)22/h5-6,9-10,13H,2-4,7-8H2,1H3,(H,21,22). The summed E-state index contributed by atoms with van der Waals surface area (Å²) in [5.74, 6) is -1.14. The Morgan fingerprint density at radius 1 is 1.30 bits per heavy atom. The van der Waals surface area contributed by atoms with Gasteiger partial charge < -0.3 is 10.0 Å². The Labute approximate surface area is 131 Å². The Kier molecular flexibility index (Phi) is 3.83. The third kappa shape index (κ3) is 2.58. The van der Waals surface area contributed by atoms with Crippen LogP contribution >= 0.6 is 0 Å². The Bertz CT molecular complexity index is 765. The molecular weight excluding hydrogens is 302 g/mol. The van der Waals surface area contributed by atoms with E-state index in [1.165, 1.54) is 24.2 Å². The molecule has 2 heterocycles. The molecule has 8 nitrogen and oxygen atoms in total. The quantitative estimate of drug-likeness (QED) is 0.790. The lowest BCUT2D eigenvalue weighted by Crippen LogP contribution is -2.46. The van der Waals surface area contributed by atoms with Crippen LogP contribution in [0.2, 0.25) is 0 Å². The van der Waals surface area contributed by atoms with Crippen molar-refractivity contribution in [3.05, 3.63) is 33.1 Å². The number of carboxylic acid groups (broad SMARTS) is 1. The van der Waals surface area contributed by atoms with Crippen molar-refractivity contribution < 1.29 is 14.7 Å². The van der Waals surface area contributed by atoms with Crippen LogP contribution < -0.4 is 11.2 Å². The number of hydrogen-bond donors (Lipinski definition) is 1. The van der Waals surface area contributed by atoms with E-state index in [9.17, 15) is 24.3 Å². The molecular formula is C15H19N3O5. The van der Waals surface area contributed by atoms with Crippen LogP contribution in [-0.4, -0.2) is 43.6 Å². The molecule has 3 unspecified atom stereocenters. The molecule has 1 saturated heterocycles. The molecule has 0 radical (unpaired) electrons. The van der Waals surface area contributed by atoms with E-state index in [0.29, 0.717) is 6.54 Å². The first kappa shape index (κ1) is 15.5. The summed E-state index contributed by atoms with van der Waals surface area (Å²) in [6, 6.07) is 0.403. The monoisotopic (exact) mass is 321 g/mol. The highest BCUT2D eigenvalue weighted by molar-refractivity contribution is 5.84. The van der Waals surface area contributed by atoms with Crippen LogP contribution in [0.1, 0.15) is 19.3 Å². The maximum absolute atomic E-state index is 12.5. The number of aliphatic carboxylic acids is 1. The molecule has 1 N–H and O–H groups in total. The average Bonchev–Trinajstić information content (AvgIpc) is 3.07. The highest BCUT2D eigenvalue weighted by atomic mass is 16.4. The molecule has 3 rings (SSSR count). The first-order chi connectivity index (χ1) is 10.9. The van der Waals surface area contributed by atoms with Crippen LogP contribution in [0.5, 0.6) is 0 Å². The Morgan fingerprint density at radius 3 is 2.74 bits per heavy atom. The number of nitrogens with zero attached hydrogens (tertiary/aromatic N) is 3. The van der Waals surface area contributed by atoms with Gasteiger partial charge in [0.2, 0.25) is 5.91 Å². The lowest BCUT2D eigenvalue weighted by molar-refractivity contribution is -0.149. The minimum atomic E-state index is -0.986. The maximum atomic E-state index is 12.5. The van der Waals surface area contributed by atoms with Crippen LogP contribution in [0, 0.1) is 11.8 Å². The molecule has 1 aromatic rings. The molecule has 2 aliphatic rings. The van der Waals surface area contributed by atoms with Gasteiger partial charge in [-0.3, -0.25) is 18.7 Å². The smallest absolute Gasteiger partial charge is 0.331 e. The van der Waals surface area contributed by atoms with Crippen molar-refractivity contribution in [2.24, 2.45) is 18.9 Å². The van der Waals surface area contributed by atoms with E-state index in [-0.39, 0.29) is 18.4 Å². The normalized spacial score (nSPS) is 26.3. The van der Waals surface area contributed by atoms with Gasteiger partial charge in [0, 0.05) is 25.9 Å². The van der Waals surface area contributed by atoms with Gasteiger partial charge in [-0.15, -0.1) is 0 Å². The Morgan fingerprint density at radius 2 is 2.04 bits per heavy atom. The van der Waals surface area contributed by atoms with Gasteiger partial charge in [0.25, 0.3) is 5.56 Å². The minimum absolute atomic E-state index is 0.00769. The van der Waals surface area contributed by atoms with Crippen molar-refractivity contribution >= 4 is 11.9 Å². The van der Waals surface area contributed by atoms with Crippen LogP contribution in [-0.2, 0) is 23.2 Å². The second-order valence-electron chi connectivity index (χ2n) is 6.31. The summed E-state index contributed by atoms with van der Waals surface area (Å²) >= 11 is 0. The van der Waals surface area contributed by atoms with Crippen LogP contribution in [0.15, 0.2) is 21.9 Å². The number of carbonyl (C=O) groups excluding carboxylic acids is 1. The van der Waals surface area contributed by atoms with Crippen molar-refractivity contribution in [3.63, 3.8) is 0 Å². The first-order valence-corrected chi connectivity index (χ1v) is 7.69. The zero-order valence-electron chi connectivity index (χ0n) is 12.8. The lowest BCUT2D eigenvalue weighted by Gasteiger charge is -2.24. The molecule has 3 atom stereocenters. The summed E-state index contributed by atoms with van der Waals surface area (Å²) in [5.41, 5.74) is -1.03. The zero-order valence-corrected chi connectivity index (χ0v) is 12.8. The summed E-state index contributed by atoms with van der Waals surface area (Å²) in [5, 5.41) is 9.47. The molecule has 8 heteroatoms. The summed E-state index contributed by atoms with van der Waals surface area (Å²) in [6.07, 6.45) is 4.04. The van der Waals surface area contributed by atoms with E-state index in [0.717, 1.165) is 28.4 Å². The van der Waals surface area contributed by atoms with Gasteiger partial charge >= 0.3 is 11.7 Å². The minimum Gasteiger partial charge on any atom is -0.480 e. The summed E-state index contributed by atoms with van der Waals surface area (Å²) in [7, 11) is 1.34. The van der Waals surface area contributed by atoms with Crippen molar-refractivity contribution in [2.45, 2.75) is 31.8 Å². The zero-order chi connectivity index (χ0) is 16.7. The number of rotatable bonds is 3. The molecule has 124 valence electrons. The largest absolute Gasteiger partial charge is 0.480 e. The average molecular weight is 321 g/mol. The Balaban J connectivity index is 1.83. The SMILES string of the molecule is Cn1c(=O)ccn(CC(=O)N2CC3CCCC3C2C(=O)O)c1=O. The summed E-state index contributed by atoms with van der Waals surface area (Å²) < 4.78 is 2.05. The van der Waals surface area contributed by atoms with Crippen molar-refractivity contribution in [2.75, 3.05) is 6.54 Å². The van der Waals surface area contributed by atoms with E-state index >= 15 is 0 Å². The topological polar surface area (TPSA) is 102 Å². The van der Waals surface area contributed by atoms with E-state index in [1.807, 2.05) is 0 Å². The van der Waals surface area contributed by atoms with Crippen molar-refractivity contribution in [1.29, 1.82) is 0 Å². The third-order valence-corrected chi connectivity index (χ3v) is 5.03. The highest BCUT2D eigenvalue weighted by Gasteiger charge is 2.49. The number of amides is 1. The lowest BCUT2D eigenvalue weighted by atomic mass is 9.94. The van der Waals surface area contributed by atoms with Gasteiger partial charge in [-0.25, -0.2) is 9.59 Å². The molecule has 1 aliphatic heterocycles. The van der Waals surface area contributed by atoms with E-state index in [1.54, 1.807) is 0 Å². The number of carboxylic acids is 1. The number of hydrogen-bond acceptors (Lipinski definition) is 4. The predicted molar refractivity (Wildman–Crippen MR) is 79.9 cm³/mol. The third-order valence-electron chi connectivity index (χ3n) is 5.03. The van der Waals surface area contributed by atoms with Crippen molar-refractivity contribution in [1.82, 2.24) is 14.0 Å².